The third-order valence-corrected chi connectivity index (χ3v) is 12.8. The van der Waals surface area contributed by atoms with E-state index in [1.54, 1.807) is 0 Å². The first-order valence-corrected chi connectivity index (χ1v) is 19.5. The minimum atomic E-state index is -0.130. The topological polar surface area (TPSA) is 8.17 Å². The van der Waals surface area contributed by atoms with Crippen molar-refractivity contribution in [3.05, 3.63) is 193 Å². The van der Waals surface area contributed by atoms with Crippen LogP contribution in [0.1, 0.15) is 25.0 Å². The Labute approximate surface area is 318 Å². The molecule has 2 nitrogen and oxygen atoms in total. The fourth-order valence-electron chi connectivity index (χ4n) is 9.11. The van der Waals surface area contributed by atoms with Crippen LogP contribution in [0.2, 0.25) is 0 Å². The van der Waals surface area contributed by atoms with E-state index in [1.165, 1.54) is 81.0 Å². The first-order chi connectivity index (χ1) is 26.6. The van der Waals surface area contributed by atoms with Crippen LogP contribution in [-0.4, -0.2) is 4.57 Å². The van der Waals surface area contributed by atoms with E-state index in [-0.39, 0.29) is 5.41 Å². The zero-order valence-electron chi connectivity index (χ0n) is 30.1. The molecule has 0 aliphatic heterocycles. The van der Waals surface area contributed by atoms with Crippen LogP contribution in [0.25, 0.3) is 69.9 Å². The summed E-state index contributed by atoms with van der Waals surface area (Å²) >= 11 is 1.92. The fourth-order valence-corrected chi connectivity index (χ4v) is 10.3. The van der Waals surface area contributed by atoms with E-state index >= 15 is 0 Å². The van der Waals surface area contributed by atoms with Gasteiger partial charge in [-0.2, -0.15) is 0 Å². The van der Waals surface area contributed by atoms with E-state index in [1.807, 2.05) is 11.3 Å². The van der Waals surface area contributed by atoms with Crippen LogP contribution >= 0.6 is 11.3 Å². The number of fused-ring (bicyclic) bond motifs is 11. The first kappa shape index (κ1) is 31.1. The third kappa shape index (κ3) is 4.52. The predicted octanol–water partition coefficient (Wildman–Crippen LogP) is 14.6. The molecule has 0 radical (unpaired) electrons. The van der Waals surface area contributed by atoms with Gasteiger partial charge in [0.05, 0.1) is 11.0 Å². The van der Waals surface area contributed by atoms with Gasteiger partial charge in [0.25, 0.3) is 0 Å². The summed E-state index contributed by atoms with van der Waals surface area (Å²) in [5.41, 5.74) is 15.0. The number of aromatic nitrogens is 1. The number of benzene rings is 8. The van der Waals surface area contributed by atoms with Gasteiger partial charge in [0, 0.05) is 59.1 Å². The highest BCUT2D eigenvalue weighted by Crippen LogP contribution is 2.54. The van der Waals surface area contributed by atoms with Crippen LogP contribution in [0.15, 0.2) is 182 Å². The normalized spacial score (nSPS) is 13.1. The zero-order valence-corrected chi connectivity index (χ0v) is 30.9. The lowest BCUT2D eigenvalue weighted by atomic mass is 9.81. The van der Waals surface area contributed by atoms with E-state index in [4.69, 9.17) is 0 Å². The molecule has 3 heteroatoms. The van der Waals surface area contributed by atoms with Crippen molar-refractivity contribution in [3.8, 4) is 27.9 Å². The minimum absolute atomic E-state index is 0.130. The zero-order chi connectivity index (χ0) is 36.0. The molecule has 0 saturated carbocycles. The number of anilines is 3. The molecule has 0 unspecified atom stereocenters. The molecule has 0 atom stereocenters. The van der Waals surface area contributed by atoms with Crippen LogP contribution in [0.4, 0.5) is 17.1 Å². The Morgan fingerprint density at radius 2 is 1.11 bits per heavy atom. The molecular weight excluding hydrogens is 673 g/mol. The van der Waals surface area contributed by atoms with Crippen molar-refractivity contribution in [3.63, 3.8) is 0 Å². The molecule has 11 rings (SSSR count). The van der Waals surface area contributed by atoms with Crippen LogP contribution < -0.4 is 4.90 Å². The molecular formula is C51H36N2S. The van der Waals surface area contributed by atoms with Gasteiger partial charge in [-0.05, 0) is 100 Å². The van der Waals surface area contributed by atoms with Crippen molar-refractivity contribution in [2.75, 3.05) is 4.90 Å². The molecule has 0 spiro atoms. The molecule has 0 N–H and O–H groups in total. The van der Waals surface area contributed by atoms with Gasteiger partial charge < -0.3 is 9.47 Å². The summed E-state index contributed by atoms with van der Waals surface area (Å²) in [6, 6.07) is 66.6. The van der Waals surface area contributed by atoms with Crippen LogP contribution in [0.5, 0.6) is 0 Å². The Morgan fingerprint density at radius 1 is 0.500 bits per heavy atom. The summed E-state index contributed by atoms with van der Waals surface area (Å²) < 4.78 is 5.19. The van der Waals surface area contributed by atoms with Crippen molar-refractivity contribution in [2.45, 2.75) is 19.3 Å². The summed E-state index contributed by atoms with van der Waals surface area (Å²) in [7, 11) is 0. The summed E-state index contributed by atoms with van der Waals surface area (Å²) in [6.45, 7) is 4.79. The third-order valence-electron chi connectivity index (χ3n) is 11.5. The summed E-state index contributed by atoms with van der Waals surface area (Å²) in [4.78, 5) is 2.31. The van der Waals surface area contributed by atoms with E-state index in [9.17, 15) is 0 Å². The Balaban J connectivity index is 1.09. The highest BCUT2D eigenvalue weighted by molar-refractivity contribution is 7.26. The molecule has 54 heavy (non-hydrogen) atoms. The molecule has 0 saturated heterocycles. The van der Waals surface area contributed by atoms with Crippen molar-refractivity contribution in [1.82, 2.24) is 4.57 Å². The maximum atomic E-state index is 2.53. The maximum absolute atomic E-state index is 2.53. The molecule has 0 amide bonds. The Morgan fingerprint density at radius 3 is 1.83 bits per heavy atom. The lowest BCUT2D eigenvalue weighted by Gasteiger charge is -2.25. The van der Waals surface area contributed by atoms with Gasteiger partial charge in [-0.15, -0.1) is 11.3 Å². The fraction of sp³-hybridized carbons (Fsp3) is 0.0588. The Bertz CT molecular complexity index is 3010. The number of thiophene rings is 1. The highest BCUT2D eigenvalue weighted by atomic mass is 32.1. The second kappa shape index (κ2) is 11.8. The van der Waals surface area contributed by atoms with Gasteiger partial charge in [0.1, 0.15) is 0 Å². The summed E-state index contributed by atoms with van der Waals surface area (Å²) in [6.07, 6.45) is 0. The van der Waals surface area contributed by atoms with Crippen molar-refractivity contribution < 1.29 is 0 Å². The van der Waals surface area contributed by atoms with E-state index in [2.05, 4.69) is 205 Å². The average molecular weight is 709 g/mol. The number of nitrogens with zero attached hydrogens (tertiary/aromatic N) is 2. The van der Waals surface area contributed by atoms with Crippen molar-refractivity contribution >= 4 is 70.4 Å². The van der Waals surface area contributed by atoms with Gasteiger partial charge >= 0.3 is 0 Å². The van der Waals surface area contributed by atoms with Gasteiger partial charge in [-0.1, -0.05) is 129 Å². The molecule has 0 bridgehead atoms. The number of rotatable bonds is 5. The minimum Gasteiger partial charge on any atom is -0.311 e. The Kier molecular flexibility index (Phi) is 6.80. The molecule has 1 aliphatic rings. The monoisotopic (exact) mass is 708 g/mol. The predicted molar refractivity (Wildman–Crippen MR) is 231 cm³/mol. The number of hydrogen-bond donors (Lipinski definition) is 0. The van der Waals surface area contributed by atoms with Crippen molar-refractivity contribution in [1.29, 1.82) is 0 Å². The molecule has 10 aromatic rings. The SMILES string of the molecule is CC1(C)c2ccccc2-c2ccc3c4c5sc6ccc(-c7ccc(N(c8ccccc8)c8ccccc8)cc7)cc6c5ccc4n(-c4ccccc4)c3c21. The molecule has 1 aliphatic carbocycles. The average Bonchev–Trinajstić information content (AvgIpc) is 3.84. The maximum Gasteiger partial charge on any atom is 0.0588 e. The number of para-hydroxylation sites is 3. The van der Waals surface area contributed by atoms with E-state index < -0.39 is 0 Å². The molecule has 8 aromatic carbocycles. The number of hydrogen-bond acceptors (Lipinski definition) is 2. The van der Waals surface area contributed by atoms with Gasteiger partial charge in [-0.25, -0.2) is 0 Å². The van der Waals surface area contributed by atoms with E-state index in [0.717, 1.165) is 17.1 Å². The summed E-state index contributed by atoms with van der Waals surface area (Å²) in [5, 5.41) is 5.29. The lowest BCUT2D eigenvalue weighted by molar-refractivity contribution is 0.664. The molecule has 256 valence electrons. The smallest absolute Gasteiger partial charge is 0.0588 e. The quantitative estimate of drug-likeness (QED) is 0.173. The molecule has 2 heterocycles. The van der Waals surface area contributed by atoms with Gasteiger partial charge in [-0.3, -0.25) is 0 Å². The van der Waals surface area contributed by atoms with Crippen LogP contribution in [0.3, 0.4) is 0 Å². The molecule has 0 fully saturated rings. The van der Waals surface area contributed by atoms with E-state index in [0.29, 0.717) is 0 Å². The standard InChI is InChI=1S/C51H36N2S/c1-51(2)44-21-13-12-20-39(44)40-27-28-42-47-45(53(49(42)48(40)51)37-18-10-5-11-19-37)30-29-41-43-32-34(24-31-46(43)54-50(41)47)33-22-25-38(26-23-33)52(35-14-6-3-7-15-35)36-16-8-4-9-17-36/h3-32H,1-2H3. The van der Waals surface area contributed by atoms with Gasteiger partial charge in [0.15, 0.2) is 0 Å². The second-order valence-electron chi connectivity index (χ2n) is 14.9. The summed E-state index contributed by atoms with van der Waals surface area (Å²) in [5.74, 6) is 0. The lowest BCUT2D eigenvalue weighted by Crippen LogP contribution is -2.16. The van der Waals surface area contributed by atoms with Crippen molar-refractivity contribution in [2.24, 2.45) is 0 Å². The highest BCUT2D eigenvalue weighted by Gasteiger charge is 2.38. The van der Waals surface area contributed by atoms with Crippen LogP contribution in [-0.2, 0) is 5.41 Å². The molecule has 2 aromatic heterocycles. The first-order valence-electron chi connectivity index (χ1n) is 18.7. The van der Waals surface area contributed by atoms with Gasteiger partial charge in [0.2, 0.25) is 0 Å². The van der Waals surface area contributed by atoms with Crippen LogP contribution in [0, 0.1) is 0 Å². The largest absolute Gasteiger partial charge is 0.311 e. The Hall–Kier alpha value is -6.42. The second-order valence-corrected chi connectivity index (χ2v) is 16.0.